The van der Waals surface area contributed by atoms with Crippen molar-refractivity contribution in [3.05, 3.63) is 88.6 Å². The molecule has 0 unspecified atom stereocenters. The Hall–Kier alpha value is -4.17. The monoisotopic (exact) mass is 475 g/mol. The van der Waals surface area contributed by atoms with Crippen LogP contribution in [0.3, 0.4) is 0 Å². The number of hydrogen-bond acceptors (Lipinski definition) is 4. The summed E-state index contributed by atoms with van der Waals surface area (Å²) in [7, 11) is 3.31. The fourth-order valence-corrected chi connectivity index (χ4v) is 5.93. The minimum absolute atomic E-state index is 0.685. The average molecular weight is 476 g/mol. The first-order valence-corrected chi connectivity index (χ1v) is 12.4. The van der Waals surface area contributed by atoms with E-state index in [9.17, 15) is 5.26 Å². The van der Waals surface area contributed by atoms with Crippen molar-refractivity contribution < 1.29 is 9.47 Å². The standard InChI is InChI=1S/C31H29N3O2/c1-20-30(24-9-10-27-23(15-24)11-13-33(27)19-21-7-5-4-6-8-21)26(18-32)31-25-17-29(36-3)28(35-2)16-22(25)12-14-34(20)31/h4-10,15-17H,11-14,19H2,1-3H3. The van der Waals surface area contributed by atoms with Crippen LogP contribution in [0.1, 0.15) is 27.9 Å². The third-order valence-corrected chi connectivity index (χ3v) is 7.68. The van der Waals surface area contributed by atoms with Gasteiger partial charge >= 0.3 is 0 Å². The van der Waals surface area contributed by atoms with E-state index in [0.29, 0.717) is 5.75 Å². The third-order valence-electron chi connectivity index (χ3n) is 7.68. The first kappa shape index (κ1) is 22.3. The predicted octanol–water partition coefficient (Wildman–Crippen LogP) is 6.14. The summed E-state index contributed by atoms with van der Waals surface area (Å²) in [6, 6.07) is 24.0. The molecule has 0 aliphatic carbocycles. The fraction of sp³-hybridized carbons (Fsp3) is 0.258. The summed E-state index contributed by atoms with van der Waals surface area (Å²) in [6.45, 7) is 4.91. The van der Waals surface area contributed by atoms with E-state index in [1.807, 2.05) is 6.07 Å². The number of anilines is 1. The molecule has 2 aliphatic heterocycles. The van der Waals surface area contributed by atoms with Gasteiger partial charge in [0.05, 0.1) is 25.5 Å². The van der Waals surface area contributed by atoms with E-state index in [0.717, 1.165) is 71.9 Å². The summed E-state index contributed by atoms with van der Waals surface area (Å²) in [5, 5.41) is 10.4. The number of nitriles is 1. The van der Waals surface area contributed by atoms with Crippen molar-refractivity contribution >= 4 is 5.69 Å². The van der Waals surface area contributed by atoms with Crippen LogP contribution in [-0.4, -0.2) is 25.3 Å². The lowest BCUT2D eigenvalue weighted by molar-refractivity contribution is 0.354. The first-order chi connectivity index (χ1) is 17.6. The molecule has 0 fully saturated rings. The normalized spacial score (nSPS) is 13.6. The Kier molecular flexibility index (Phi) is 5.45. The van der Waals surface area contributed by atoms with Crippen LogP contribution in [0.15, 0.2) is 60.7 Å². The summed E-state index contributed by atoms with van der Waals surface area (Å²) < 4.78 is 13.4. The number of aryl methyl sites for hydroxylation is 1. The second kappa shape index (κ2) is 8.80. The molecule has 0 radical (unpaired) electrons. The summed E-state index contributed by atoms with van der Waals surface area (Å²) in [4.78, 5) is 2.45. The van der Waals surface area contributed by atoms with Gasteiger partial charge in [-0.05, 0) is 66.3 Å². The van der Waals surface area contributed by atoms with Crippen LogP contribution in [-0.2, 0) is 25.9 Å². The average Bonchev–Trinajstić information content (AvgIpc) is 3.45. The van der Waals surface area contributed by atoms with Crippen LogP contribution >= 0.6 is 0 Å². The van der Waals surface area contributed by atoms with Gasteiger partial charge in [-0.15, -0.1) is 0 Å². The smallest absolute Gasteiger partial charge is 0.161 e. The number of aromatic nitrogens is 1. The molecule has 0 saturated carbocycles. The number of benzene rings is 3. The molecule has 0 saturated heterocycles. The van der Waals surface area contributed by atoms with Crippen molar-refractivity contribution in [3.63, 3.8) is 0 Å². The Balaban J connectivity index is 1.43. The largest absolute Gasteiger partial charge is 0.493 e. The predicted molar refractivity (Wildman–Crippen MR) is 143 cm³/mol. The zero-order chi connectivity index (χ0) is 24.8. The molecular weight excluding hydrogens is 446 g/mol. The molecular formula is C31H29N3O2. The molecule has 4 aromatic rings. The highest BCUT2D eigenvalue weighted by Crippen LogP contribution is 2.45. The Morgan fingerprint density at radius 1 is 0.889 bits per heavy atom. The van der Waals surface area contributed by atoms with Crippen molar-refractivity contribution in [1.82, 2.24) is 4.57 Å². The molecule has 0 bridgehead atoms. The lowest BCUT2D eigenvalue weighted by atomic mass is 9.93. The van der Waals surface area contributed by atoms with E-state index in [-0.39, 0.29) is 0 Å². The zero-order valence-electron chi connectivity index (χ0n) is 21.0. The van der Waals surface area contributed by atoms with Gasteiger partial charge in [0.15, 0.2) is 11.5 Å². The molecule has 0 N–H and O–H groups in total. The minimum atomic E-state index is 0.685. The van der Waals surface area contributed by atoms with Gasteiger partial charge in [-0.2, -0.15) is 5.26 Å². The maximum atomic E-state index is 10.4. The van der Waals surface area contributed by atoms with Crippen LogP contribution in [0.2, 0.25) is 0 Å². The zero-order valence-corrected chi connectivity index (χ0v) is 21.0. The Labute approximate surface area is 212 Å². The summed E-state index contributed by atoms with van der Waals surface area (Å²) in [5.41, 5.74) is 11.2. The number of nitrogens with zero attached hydrogens (tertiary/aromatic N) is 3. The van der Waals surface area contributed by atoms with Crippen molar-refractivity contribution in [3.8, 4) is 40.0 Å². The van der Waals surface area contributed by atoms with E-state index >= 15 is 0 Å². The molecule has 2 aliphatic rings. The highest BCUT2D eigenvalue weighted by atomic mass is 16.5. The van der Waals surface area contributed by atoms with Crippen molar-refractivity contribution in [2.24, 2.45) is 0 Å². The van der Waals surface area contributed by atoms with Crippen LogP contribution in [0.4, 0.5) is 5.69 Å². The lowest BCUT2D eigenvalue weighted by Crippen LogP contribution is -2.19. The molecule has 1 aromatic heterocycles. The Morgan fingerprint density at radius 3 is 2.39 bits per heavy atom. The second-order valence-electron chi connectivity index (χ2n) is 9.56. The highest BCUT2D eigenvalue weighted by Gasteiger charge is 2.29. The number of methoxy groups -OCH3 is 2. The van der Waals surface area contributed by atoms with Crippen LogP contribution in [0.5, 0.6) is 11.5 Å². The molecule has 5 heteroatoms. The van der Waals surface area contributed by atoms with E-state index in [1.54, 1.807) is 14.2 Å². The van der Waals surface area contributed by atoms with E-state index in [2.05, 4.69) is 77.1 Å². The SMILES string of the molecule is COc1cc2c(cc1OC)-c1c(C#N)c(-c3ccc4c(c3)CCN4Cc3ccccc3)c(C)n1CC2. The fourth-order valence-electron chi connectivity index (χ4n) is 5.93. The van der Waals surface area contributed by atoms with Gasteiger partial charge in [-0.1, -0.05) is 36.4 Å². The van der Waals surface area contributed by atoms with E-state index in [4.69, 9.17) is 9.47 Å². The molecule has 0 amide bonds. The molecule has 36 heavy (non-hydrogen) atoms. The van der Waals surface area contributed by atoms with Crippen LogP contribution in [0, 0.1) is 18.3 Å². The Bertz CT molecular complexity index is 1510. The van der Waals surface area contributed by atoms with Crippen molar-refractivity contribution in [1.29, 1.82) is 5.26 Å². The van der Waals surface area contributed by atoms with Crippen molar-refractivity contribution in [2.75, 3.05) is 25.7 Å². The van der Waals surface area contributed by atoms with Gasteiger partial charge in [0.1, 0.15) is 6.07 Å². The molecule has 5 nitrogen and oxygen atoms in total. The topological polar surface area (TPSA) is 50.4 Å². The molecule has 6 rings (SSSR count). The van der Waals surface area contributed by atoms with Gasteiger partial charge < -0.3 is 18.9 Å². The summed E-state index contributed by atoms with van der Waals surface area (Å²) in [6.07, 6.45) is 1.91. The minimum Gasteiger partial charge on any atom is -0.493 e. The first-order valence-electron chi connectivity index (χ1n) is 12.4. The lowest BCUT2D eigenvalue weighted by Gasteiger charge is -2.22. The maximum absolute atomic E-state index is 10.4. The molecule has 3 heterocycles. The quantitative estimate of drug-likeness (QED) is 0.348. The number of fused-ring (bicyclic) bond motifs is 4. The van der Waals surface area contributed by atoms with Gasteiger partial charge in [-0.25, -0.2) is 0 Å². The molecule has 3 aromatic carbocycles. The Morgan fingerprint density at radius 2 is 1.64 bits per heavy atom. The molecule has 180 valence electrons. The molecule has 0 atom stereocenters. The molecule has 0 spiro atoms. The number of ether oxygens (including phenoxy) is 2. The van der Waals surface area contributed by atoms with Crippen LogP contribution < -0.4 is 14.4 Å². The van der Waals surface area contributed by atoms with E-state index < -0.39 is 0 Å². The highest BCUT2D eigenvalue weighted by molar-refractivity contribution is 5.87. The second-order valence-corrected chi connectivity index (χ2v) is 9.56. The number of hydrogen-bond donors (Lipinski definition) is 0. The van der Waals surface area contributed by atoms with Gasteiger partial charge in [-0.3, -0.25) is 0 Å². The van der Waals surface area contributed by atoms with Gasteiger partial charge in [0.2, 0.25) is 0 Å². The summed E-state index contributed by atoms with van der Waals surface area (Å²) >= 11 is 0. The summed E-state index contributed by atoms with van der Waals surface area (Å²) in [5.74, 6) is 1.41. The van der Waals surface area contributed by atoms with Gasteiger partial charge in [0.25, 0.3) is 0 Å². The van der Waals surface area contributed by atoms with Gasteiger partial charge in [0, 0.05) is 42.1 Å². The van der Waals surface area contributed by atoms with E-state index in [1.165, 1.54) is 22.4 Å². The number of rotatable bonds is 5. The van der Waals surface area contributed by atoms with Crippen molar-refractivity contribution in [2.45, 2.75) is 32.9 Å². The maximum Gasteiger partial charge on any atom is 0.161 e. The third kappa shape index (κ3) is 3.45. The van der Waals surface area contributed by atoms with Crippen LogP contribution in [0.25, 0.3) is 22.4 Å².